The van der Waals surface area contributed by atoms with E-state index in [2.05, 4.69) is 0 Å². The van der Waals surface area contributed by atoms with Gasteiger partial charge in [0.1, 0.15) is 37.1 Å². The maximum atomic E-state index is 12.8. The summed E-state index contributed by atoms with van der Waals surface area (Å²) in [4.78, 5) is 74.9. The molecule has 0 aliphatic carbocycles. The summed E-state index contributed by atoms with van der Waals surface area (Å²) >= 11 is 0. The Bertz CT molecular complexity index is 1310. The second kappa shape index (κ2) is 18.1. The number of hydrogen-bond acceptors (Lipinski definition) is 16. The molecule has 3 rings (SSSR count). The molecule has 2 amide bonds. The molecule has 0 spiro atoms. The van der Waals surface area contributed by atoms with E-state index in [4.69, 9.17) is 42.6 Å². The predicted molar refractivity (Wildman–Crippen MR) is 162 cm³/mol. The van der Waals surface area contributed by atoms with Crippen LogP contribution in [0.1, 0.15) is 47.1 Å². The second-order valence-corrected chi connectivity index (χ2v) is 11.3. The highest BCUT2D eigenvalue weighted by atomic mass is 16.8. The van der Waals surface area contributed by atoms with Crippen LogP contribution in [0.3, 0.4) is 0 Å². The maximum absolute atomic E-state index is 12.8. The molecule has 1 aromatic carbocycles. The lowest BCUT2D eigenvalue weighted by atomic mass is 9.94. The van der Waals surface area contributed by atoms with Crippen LogP contribution < -0.4 is 0 Å². The average Bonchev–Trinajstić information content (AvgIpc) is 3.01. The van der Waals surface area contributed by atoms with E-state index in [-0.39, 0.29) is 13.2 Å². The molecule has 2 saturated heterocycles. The summed E-state index contributed by atoms with van der Waals surface area (Å²) in [5.74, 6) is -4.81. The molecule has 0 saturated carbocycles. The van der Waals surface area contributed by atoms with Crippen molar-refractivity contribution in [3.05, 3.63) is 35.9 Å². The van der Waals surface area contributed by atoms with Crippen LogP contribution in [-0.4, -0.2) is 127 Å². The third kappa shape index (κ3) is 10.7. The minimum Gasteiger partial charge on any atom is -0.463 e. The standard InChI is InChI=1S/C32H43NO16/c1-16(34)33(17(2)35)25-28(26(40)23(47-31(25)41-7)14-42-13-22-11-9-8-10-12-22)49-32-30(46-21(6)39)29(45-20(5)38)27(44-19(4)37)24(48-32)15-43-18(3)36/h8-12,23-32,40H,13-15H2,1-7H3/t23-,24-,25-,26-,27+,28-,29+,30-,31-,32+/m1/s1. The van der Waals surface area contributed by atoms with Gasteiger partial charge in [-0.1, -0.05) is 30.3 Å². The van der Waals surface area contributed by atoms with Crippen LogP contribution in [0.15, 0.2) is 30.3 Å². The van der Waals surface area contributed by atoms with E-state index < -0.39 is 104 Å². The van der Waals surface area contributed by atoms with Gasteiger partial charge in [0.05, 0.1) is 13.2 Å². The molecule has 17 heteroatoms. The number of nitrogens with zero attached hydrogens (tertiary/aromatic N) is 1. The van der Waals surface area contributed by atoms with Crippen molar-refractivity contribution in [2.75, 3.05) is 20.3 Å². The number of amides is 2. The Labute approximate surface area is 282 Å². The lowest BCUT2D eigenvalue weighted by Crippen LogP contribution is -2.69. The van der Waals surface area contributed by atoms with Gasteiger partial charge in [-0.05, 0) is 5.56 Å². The number of methoxy groups -OCH3 is 1. The first-order chi connectivity index (χ1) is 23.1. The molecule has 2 aliphatic heterocycles. The first-order valence-electron chi connectivity index (χ1n) is 15.4. The van der Waals surface area contributed by atoms with Crippen molar-refractivity contribution in [1.29, 1.82) is 0 Å². The number of aliphatic hydroxyl groups excluding tert-OH is 1. The maximum Gasteiger partial charge on any atom is 0.303 e. The molecule has 2 fully saturated rings. The molecule has 49 heavy (non-hydrogen) atoms. The number of ether oxygens (including phenoxy) is 9. The lowest BCUT2D eigenvalue weighted by Gasteiger charge is -2.50. The first-order valence-corrected chi connectivity index (χ1v) is 15.4. The fraction of sp³-hybridized carbons (Fsp3) is 0.625. The van der Waals surface area contributed by atoms with Gasteiger partial charge in [0, 0.05) is 48.7 Å². The Morgan fingerprint density at radius 2 is 1.24 bits per heavy atom. The van der Waals surface area contributed by atoms with Gasteiger partial charge in [0.25, 0.3) is 0 Å². The normalized spacial score (nSPS) is 29.6. The van der Waals surface area contributed by atoms with Gasteiger partial charge < -0.3 is 47.7 Å². The third-order valence-electron chi connectivity index (χ3n) is 7.48. The van der Waals surface area contributed by atoms with Crippen LogP contribution in [0.25, 0.3) is 0 Å². The van der Waals surface area contributed by atoms with E-state index in [1.807, 2.05) is 30.3 Å². The molecule has 1 N–H and O–H groups in total. The Kier molecular flexibility index (Phi) is 14.6. The first kappa shape index (κ1) is 39.4. The van der Waals surface area contributed by atoms with E-state index in [1.54, 1.807) is 0 Å². The summed E-state index contributed by atoms with van der Waals surface area (Å²) in [6.07, 6.45) is -13.6. The largest absolute Gasteiger partial charge is 0.463 e. The Balaban J connectivity index is 2.08. The zero-order valence-corrected chi connectivity index (χ0v) is 28.3. The molecule has 0 unspecified atom stereocenters. The van der Waals surface area contributed by atoms with Gasteiger partial charge in [-0.15, -0.1) is 0 Å². The topological polar surface area (TPSA) is 209 Å². The van der Waals surface area contributed by atoms with Crippen molar-refractivity contribution in [2.45, 2.75) is 109 Å². The Morgan fingerprint density at radius 3 is 1.78 bits per heavy atom. The number of esters is 4. The molecule has 0 aromatic heterocycles. The van der Waals surface area contributed by atoms with Crippen LogP contribution in [0.2, 0.25) is 0 Å². The quantitative estimate of drug-likeness (QED) is 0.215. The molecule has 2 aliphatic rings. The van der Waals surface area contributed by atoms with E-state index in [9.17, 15) is 33.9 Å². The summed E-state index contributed by atoms with van der Waals surface area (Å²) in [7, 11) is 1.25. The number of benzene rings is 1. The summed E-state index contributed by atoms with van der Waals surface area (Å²) < 4.78 is 51.1. The van der Waals surface area contributed by atoms with Gasteiger partial charge in [-0.25, -0.2) is 0 Å². The predicted octanol–water partition coefficient (Wildman–Crippen LogP) is 0.167. The Morgan fingerprint density at radius 1 is 0.694 bits per heavy atom. The van der Waals surface area contributed by atoms with Crippen molar-refractivity contribution in [2.24, 2.45) is 0 Å². The Hall–Kier alpha value is -4.00. The molecule has 272 valence electrons. The fourth-order valence-electron chi connectivity index (χ4n) is 5.63. The zero-order chi connectivity index (χ0) is 36.4. The van der Waals surface area contributed by atoms with E-state index in [0.29, 0.717) is 0 Å². The van der Waals surface area contributed by atoms with E-state index in [1.165, 1.54) is 7.11 Å². The van der Waals surface area contributed by atoms with Crippen molar-refractivity contribution in [3.8, 4) is 0 Å². The molecular formula is C32H43NO16. The second-order valence-electron chi connectivity index (χ2n) is 11.3. The molecule has 1 aromatic rings. The molecule has 17 nitrogen and oxygen atoms in total. The van der Waals surface area contributed by atoms with Crippen LogP contribution in [0.4, 0.5) is 0 Å². The monoisotopic (exact) mass is 697 g/mol. The molecule has 10 atom stereocenters. The highest BCUT2D eigenvalue weighted by Crippen LogP contribution is 2.35. The van der Waals surface area contributed by atoms with Crippen molar-refractivity contribution < 1.29 is 76.5 Å². The number of aliphatic hydroxyl groups is 1. The van der Waals surface area contributed by atoms with Crippen LogP contribution in [0, 0.1) is 0 Å². The molecule has 0 bridgehead atoms. The zero-order valence-electron chi connectivity index (χ0n) is 28.3. The highest BCUT2D eigenvalue weighted by Gasteiger charge is 2.57. The van der Waals surface area contributed by atoms with Crippen LogP contribution >= 0.6 is 0 Å². The minimum atomic E-state index is -1.76. The fourth-order valence-corrected chi connectivity index (χ4v) is 5.63. The van der Waals surface area contributed by atoms with Crippen molar-refractivity contribution >= 4 is 35.7 Å². The average molecular weight is 698 g/mol. The van der Waals surface area contributed by atoms with Gasteiger partial charge in [-0.3, -0.25) is 33.7 Å². The molecule has 2 heterocycles. The third-order valence-corrected chi connectivity index (χ3v) is 7.48. The summed E-state index contributed by atoms with van der Waals surface area (Å²) in [5, 5.41) is 11.7. The van der Waals surface area contributed by atoms with Gasteiger partial charge in [0.2, 0.25) is 11.8 Å². The van der Waals surface area contributed by atoms with Crippen molar-refractivity contribution in [3.63, 3.8) is 0 Å². The minimum absolute atomic E-state index is 0.146. The van der Waals surface area contributed by atoms with E-state index in [0.717, 1.165) is 52.0 Å². The van der Waals surface area contributed by atoms with Crippen LogP contribution in [0.5, 0.6) is 0 Å². The van der Waals surface area contributed by atoms with E-state index >= 15 is 0 Å². The van der Waals surface area contributed by atoms with Gasteiger partial charge in [0.15, 0.2) is 30.9 Å². The van der Waals surface area contributed by atoms with Crippen molar-refractivity contribution in [1.82, 2.24) is 4.90 Å². The number of carbonyl (C=O) groups is 6. The number of hydrogen-bond donors (Lipinski definition) is 1. The van der Waals surface area contributed by atoms with Crippen LogP contribution in [-0.2, 0) is 78.0 Å². The SMILES string of the molecule is CO[C@@H]1O[C@H](COCc2ccccc2)[C@@H](O)[C@H](O[C@@H]2O[C@H](COC(C)=O)[C@H](OC(C)=O)[C@H](OC(C)=O)[C@H]2OC(C)=O)[C@H]1N(C(C)=O)C(C)=O. The smallest absolute Gasteiger partial charge is 0.303 e. The summed E-state index contributed by atoms with van der Waals surface area (Å²) in [6.45, 7) is 5.92. The molecule has 0 radical (unpaired) electrons. The summed E-state index contributed by atoms with van der Waals surface area (Å²) in [5.41, 5.74) is 0.832. The van der Waals surface area contributed by atoms with Gasteiger partial charge >= 0.3 is 23.9 Å². The molecular weight excluding hydrogens is 654 g/mol. The van der Waals surface area contributed by atoms with Gasteiger partial charge in [-0.2, -0.15) is 0 Å². The highest BCUT2D eigenvalue weighted by molar-refractivity contribution is 5.93. The number of carbonyl (C=O) groups excluding carboxylic acids is 6. The number of imide groups is 1. The number of rotatable bonds is 13. The summed E-state index contributed by atoms with van der Waals surface area (Å²) in [6, 6.07) is 7.70. The lowest BCUT2D eigenvalue weighted by molar-refractivity contribution is -0.350.